The number of carbonyl (C=O) groups is 2. The smallest absolute Gasteiger partial charge is 0.237 e. The number of nitrogens with one attached hydrogen (secondary N) is 1. The molecule has 126 valence electrons. The summed E-state index contributed by atoms with van der Waals surface area (Å²) >= 11 is 0. The van der Waals surface area contributed by atoms with Gasteiger partial charge >= 0.3 is 0 Å². The molecule has 1 fully saturated rings. The van der Waals surface area contributed by atoms with Gasteiger partial charge in [0.2, 0.25) is 11.8 Å². The number of benzene rings is 1. The number of likely N-dealkylation sites (N-methyl/N-ethyl adjacent to an activating group) is 1. The average molecular weight is 319 g/mol. The van der Waals surface area contributed by atoms with Crippen molar-refractivity contribution in [3.63, 3.8) is 0 Å². The summed E-state index contributed by atoms with van der Waals surface area (Å²) in [5.41, 5.74) is 2.33. The maximum absolute atomic E-state index is 12.2. The third-order valence-electron chi connectivity index (χ3n) is 4.18. The zero-order valence-electron chi connectivity index (χ0n) is 13.8. The van der Waals surface area contributed by atoms with Gasteiger partial charge in [-0.2, -0.15) is 0 Å². The number of carbonyl (C=O) groups excluding carboxylic acids is 2. The fraction of sp³-hybridized carbons (Fsp3) is 0.529. The molecule has 0 spiro atoms. The predicted octanol–water partition coefficient (Wildman–Crippen LogP) is 0.136. The van der Waals surface area contributed by atoms with E-state index in [0.717, 1.165) is 12.1 Å². The van der Waals surface area contributed by atoms with Crippen molar-refractivity contribution in [2.24, 2.45) is 0 Å². The van der Waals surface area contributed by atoms with Gasteiger partial charge in [0.15, 0.2) is 0 Å². The zero-order valence-corrected chi connectivity index (χ0v) is 13.8. The van der Waals surface area contributed by atoms with Gasteiger partial charge in [0.1, 0.15) is 0 Å². The lowest BCUT2D eigenvalue weighted by Crippen LogP contribution is -2.56. The fourth-order valence-electron chi connectivity index (χ4n) is 2.70. The van der Waals surface area contributed by atoms with Crippen LogP contribution in [-0.2, 0) is 16.1 Å². The topological polar surface area (TPSA) is 72.9 Å². The number of aliphatic hydroxyl groups is 1. The molecule has 1 atom stereocenters. The van der Waals surface area contributed by atoms with E-state index in [1.807, 2.05) is 11.8 Å². The maximum atomic E-state index is 12.2. The SMILES string of the molecule is Cc1ccc(CN2CCNC(=O)[C@@H]2CC(=O)N(C)CCO)cc1. The van der Waals surface area contributed by atoms with Crippen LogP contribution in [0.1, 0.15) is 17.5 Å². The first-order valence-electron chi connectivity index (χ1n) is 7.93. The Bertz CT molecular complexity index is 545. The number of piperazine rings is 1. The van der Waals surface area contributed by atoms with Crippen LogP contribution in [0.15, 0.2) is 24.3 Å². The van der Waals surface area contributed by atoms with E-state index in [1.165, 1.54) is 10.5 Å². The molecule has 0 unspecified atom stereocenters. The standard InChI is InChI=1S/C17H25N3O3/c1-13-3-5-14(6-4-13)12-20-8-7-18-17(23)15(20)11-16(22)19(2)9-10-21/h3-6,15,21H,7-12H2,1-2H3,(H,18,23)/t15-/m0/s1. The molecule has 23 heavy (non-hydrogen) atoms. The zero-order chi connectivity index (χ0) is 16.8. The highest BCUT2D eigenvalue weighted by atomic mass is 16.3. The number of hydrogen-bond acceptors (Lipinski definition) is 4. The quantitative estimate of drug-likeness (QED) is 0.782. The molecule has 1 saturated heterocycles. The van der Waals surface area contributed by atoms with Gasteiger partial charge < -0.3 is 15.3 Å². The second-order valence-electron chi connectivity index (χ2n) is 6.01. The fourth-order valence-corrected chi connectivity index (χ4v) is 2.70. The lowest BCUT2D eigenvalue weighted by Gasteiger charge is -2.35. The van der Waals surface area contributed by atoms with Gasteiger partial charge in [-0.05, 0) is 12.5 Å². The monoisotopic (exact) mass is 319 g/mol. The molecule has 1 aliphatic rings. The van der Waals surface area contributed by atoms with Crippen molar-refractivity contribution in [1.29, 1.82) is 0 Å². The molecule has 1 aromatic rings. The van der Waals surface area contributed by atoms with Crippen molar-refractivity contribution in [1.82, 2.24) is 15.1 Å². The highest BCUT2D eigenvalue weighted by Crippen LogP contribution is 2.15. The third kappa shape index (κ3) is 4.77. The van der Waals surface area contributed by atoms with Gasteiger partial charge in [-0.25, -0.2) is 0 Å². The molecule has 0 aromatic heterocycles. The van der Waals surface area contributed by atoms with Crippen LogP contribution in [0.25, 0.3) is 0 Å². The molecule has 6 heteroatoms. The normalized spacial score (nSPS) is 18.6. The van der Waals surface area contributed by atoms with Gasteiger partial charge in [0.25, 0.3) is 0 Å². The van der Waals surface area contributed by atoms with E-state index in [1.54, 1.807) is 7.05 Å². The van der Waals surface area contributed by atoms with Crippen molar-refractivity contribution in [2.75, 3.05) is 33.3 Å². The summed E-state index contributed by atoms with van der Waals surface area (Å²) in [6, 6.07) is 7.75. The number of hydrogen-bond donors (Lipinski definition) is 2. The molecule has 0 bridgehead atoms. The Morgan fingerprint density at radius 3 is 2.74 bits per heavy atom. The van der Waals surface area contributed by atoms with Crippen LogP contribution in [0.3, 0.4) is 0 Å². The van der Waals surface area contributed by atoms with E-state index in [-0.39, 0.29) is 31.4 Å². The third-order valence-corrected chi connectivity index (χ3v) is 4.18. The summed E-state index contributed by atoms with van der Waals surface area (Å²) in [5, 5.41) is 11.8. The van der Waals surface area contributed by atoms with Crippen LogP contribution in [0.5, 0.6) is 0 Å². The first-order chi connectivity index (χ1) is 11.0. The molecule has 1 aromatic carbocycles. The van der Waals surface area contributed by atoms with Crippen molar-refractivity contribution in [3.8, 4) is 0 Å². The maximum Gasteiger partial charge on any atom is 0.237 e. The van der Waals surface area contributed by atoms with Crippen molar-refractivity contribution >= 4 is 11.8 Å². The first-order valence-corrected chi connectivity index (χ1v) is 7.93. The van der Waals surface area contributed by atoms with E-state index < -0.39 is 6.04 Å². The lowest BCUT2D eigenvalue weighted by atomic mass is 10.1. The molecule has 0 saturated carbocycles. The molecule has 2 N–H and O–H groups in total. The Morgan fingerprint density at radius 1 is 1.39 bits per heavy atom. The lowest BCUT2D eigenvalue weighted by molar-refractivity contribution is -0.138. The van der Waals surface area contributed by atoms with Crippen LogP contribution in [0.2, 0.25) is 0 Å². The highest BCUT2D eigenvalue weighted by Gasteiger charge is 2.32. The number of aryl methyl sites for hydroxylation is 1. The van der Waals surface area contributed by atoms with E-state index in [9.17, 15) is 9.59 Å². The minimum Gasteiger partial charge on any atom is -0.395 e. The first kappa shape index (κ1) is 17.4. The Balaban J connectivity index is 2.05. The van der Waals surface area contributed by atoms with E-state index in [2.05, 4.69) is 29.6 Å². The van der Waals surface area contributed by atoms with E-state index >= 15 is 0 Å². The molecule has 1 aliphatic heterocycles. The Hall–Kier alpha value is -1.92. The predicted molar refractivity (Wildman–Crippen MR) is 87.7 cm³/mol. The minimum atomic E-state index is -0.460. The molecule has 1 heterocycles. The minimum absolute atomic E-state index is 0.0772. The summed E-state index contributed by atoms with van der Waals surface area (Å²) in [6.45, 7) is 4.21. The molecule has 0 radical (unpaired) electrons. The Morgan fingerprint density at radius 2 is 2.09 bits per heavy atom. The van der Waals surface area contributed by atoms with Crippen LogP contribution in [-0.4, -0.2) is 66.1 Å². The number of amides is 2. The molecular weight excluding hydrogens is 294 g/mol. The van der Waals surface area contributed by atoms with E-state index in [0.29, 0.717) is 13.1 Å². The van der Waals surface area contributed by atoms with Crippen molar-refractivity contribution in [3.05, 3.63) is 35.4 Å². The average Bonchev–Trinajstić information content (AvgIpc) is 2.53. The number of nitrogens with zero attached hydrogens (tertiary/aromatic N) is 2. The largest absolute Gasteiger partial charge is 0.395 e. The Kier molecular flexibility index (Phi) is 6.12. The van der Waals surface area contributed by atoms with Crippen molar-refractivity contribution in [2.45, 2.75) is 25.9 Å². The molecular formula is C17H25N3O3. The van der Waals surface area contributed by atoms with Gasteiger partial charge in [-0.15, -0.1) is 0 Å². The summed E-state index contributed by atoms with van der Waals surface area (Å²) in [5.74, 6) is -0.232. The molecule has 2 rings (SSSR count). The van der Waals surface area contributed by atoms with Gasteiger partial charge in [0, 0.05) is 33.2 Å². The highest BCUT2D eigenvalue weighted by molar-refractivity contribution is 5.88. The second kappa shape index (κ2) is 8.08. The van der Waals surface area contributed by atoms with Gasteiger partial charge in [-0.1, -0.05) is 29.8 Å². The van der Waals surface area contributed by atoms with Crippen LogP contribution in [0.4, 0.5) is 0 Å². The number of aliphatic hydroxyl groups excluding tert-OH is 1. The van der Waals surface area contributed by atoms with Gasteiger partial charge in [-0.3, -0.25) is 14.5 Å². The second-order valence-corrected chi connectivity index (χ2v) is 6.01. The van der Waals surface area contributed by atoms with Crippen LogP contribution in [0, 0.1) is 6.92 Å². The van der Waals surface area contributed by atoms with Gasteiger partial charge in [0.05, 0.1) is 19.1 Å². The summed E-state index contributed by atoms with van der Waals surface area (Å²) in [7, 11) is 1.64. The summed E-state index contributed by atoms with van der Waals surface area (Å²) in [4.78, 5) is 27.9. The van der Waals surface area contributed by atoms with E-state index in [4.69, 9.17) is 5.11 Å². The summed E-state index contributed by atoms with van der Waals surface area (Å²) < 4.78 is 0. The van der Waals surface area contributed by atoms with Crippen LogP contribution < -0.4 is 5.32 Å². The molecule has 2 amide bonds. The molecule has 0 aliphatic carbocycles. The van der Waals surface area contributed by atoms with Crippen molar-refractivity contribution < 1.29 is 14.7 Å². The van der Waals surface area contributed by atoms with Crippen LogP contribution >= 0.6 is 0 Å². The molecule has 6 nitrogen and oxygen atoms in total. The number of rotatable bonds is 6. The summed E-state index contributed by atoms with van der Waals surface area (Å²) in [6.07, 6.45) is 0.133. The Labute approximate surface area is 137 Å².